The molecule has 0 aliphatic rings. The van der Waals surface area contributed by atoms with Crippen LogP contribution in [0, 0.1) is 11.2 Å². The molecule has 0 aliphatic heterocycles. The molecule has 1 aromatic rings. The van der Waals surface area contributed by atoms with Gasteiger partial charge in [0.2, 0.25) is 0 Å². The second-order valence-corrected chi connectivity index (χ2v) is 6.28. The minimum atomic E-state index is -0.310. The maximum Gasteiger partial charge on any atom is 0.137 e. The van der Waals surface area contributed by atoms with Gasteiger partial charge in [0, 0.05) is 0 Å². The van der Waals surface area contributed by atoms with Crippen molar-refractivity contribution in [3.8, 4) is 0 Å². The number of aliphatic hydroxyl groups is 1. The molecule has 1 rings (SSSR count). The summed E-state index contributed by atoms with van der Waals surface area (Å²) in [6, 6.07) is 5.07. The first-order valence-corrected chi connectivity index (χ1v) is 6.72. The van der Waals surface area contributed by atoms with Gasteiger partial charge in [-0.1, -0.05) is 32.9 Å². The molecule has 17 heavy (non-hydrogen) atoms. The third-order valence-corrected chi connectivity index (χ3v) is 3.84. The first kappa shape index (κ1) is 14.7. The van der Waals surface area contributed by atoms with Crippen molar-refractivity contribution in [2.75, 3.05) is 0 Å². The Bertz CT molecular complexity index is 371. The molecule has 0 aromatic heterocycles. The minimum Gasteiger partial charge on any atom is -0.393 e. The molecule has 0 spiro atoms. The predicted molar refractivity (Wildman–Crippen MR) is 72.5 cm³/mol. The van der Waals surface area contributed by atoms with E-state index >= 15 is 0 Å². The van der Waals surface area contributed by atoms with Crippen LogP contribution in [-0.2, 0) is 6.42 Å². The van der Waals surface area contributed by atoms with Crippen molar-refractivity contribution in [3.05, 3.63) is 34.1 Å². The van der Waals surface area contributed by atoms with E-state index in [2.05, 4.69) is 15.9 Å². The van der Waals surface area contributed by atoms with Gasteiger partial charge in [-0.25, -0.2) is 4.39 Å². The van der Waals surface area contributed by atoms with Crippen LogP contribution in [0.3, 0.4) is 0 Å². The van der Waals surface area contributed by atoms with Gasteiger partial charge in [0.25, 0.3) is 0 Å². The summed E-state index contributed by atoms with van der Waals surface area (Å²) < 4.78 is 13.8. The van der Waals surface area contributed by atoms with Crippen molar-refractivity contribution in [3.63, 3.8) is 0 Å². The quantitative estimate of drug-likeness (QED) is 0.878. The fourth-order valence-electron chi connectivity index (χ4n) is 1.66. The molecule has 0 bridgehead atoms. The Balaban J connectivity index is 2.49. The van der Waals surface area contributed by atoms with Gasteiger partial charge in [0.05, 0.1) is 10.6 Å². The first-order chi connectivity index (χ1) is 7.82. The van der Waals surface area contributed by atoms with Crippen LogP contribution in [0.25, 0.3) is 0 Å². The molecule has 0 radical (unpaired) electrons. The zero-order chi connectivity index (χ0) is 13.1. The Labute approximate surface area is 111 Å². The van der Waals surface area contributed by atoms with Crippen molar-refractivity contribution >= 4 is 15.9 Å². The van der Waals surface area contributed by atoms with Gasteiger partial charge >= 0.3 is 0 Å². The summed E-state index contributed by atoms with van der Waals surface area (Å²) in [5.41, 5.74) is 0.880. The molecule has 1 aromatic carbocycles. The molecule has 1 unspecified atom stereocenters. The second-order valence-electron chi connectivity index (χ2n) is 5.49. The Morgan fingerprint density at radius 3 is 2.59 bits per heavy atom. The second kappa shape index (κ2) is 5.96. The number of aliphatic hydroxyl groups excluding tert-OH is 1. The van der Waals surface area contributed by atoms with Crippen molar-refractivity contribution in [1.29, 1.82) is 0 Å². The Hall–Kier alpha value is -0.410. The lowest BCUT2D eigenvalue weighted by Gasteiger charge is -2.25. The number of hydrogen-bond donors (Lipinski definition) is 1. The Kier molecular flexibility index (Phi) is 5.14. The molecule has 96 valence electrons. The lowest BCUT2D eigenvalue weighted by Crippen LogP contribution is -2.25. The van der Waals surface area contributed by atoms with Crippen LogP contribution < -0.4 is 0 Å². The standard InChI is InChI=1S/C14H20BrFO/c1-14(2,3)12(17)9-5-7-10-6-4-8-11(16)13(10)15/h4,6,8,12,17H,5,7,9H2,1-3H3. The van der Waals surface area contributed by atoms with E-state index in [-0.39, 0.29) is 17.3 Å². The summed E-state index contributed by atoms with van der Waals surface area (Å²) in [6.07, 6.45) is 2.08. The van der Waals surface area contributed by atoms with Gasteiger partial charge in [0.15, 0.2) is 0 Å². The summed E-state index contributed by atoms with van der Waals surface area (Å²) in [6.45, 7) is 6.07. The van der Waals surface area contributed by atoms with E-state index < -0.39 is 0 Å². The first-order valence-electron chi connectivity index (χ1n) is 5.93. The molecular formula is C14H20BrFO. The third kappa shape index (κ3) is 4.40. The van der Waals surface area contributed by atoms with E-state index in [1.165, 1.54) is 6.07 Å². The number of halogens is 2. The topological polar surface area (TPSA) is 20.2 Å². The highest BCUT2D eigenvalue weighted by Gasteiger charge is 2.21. The smallest absolute Gasteiger partial charge is 0.137 e. The molecular weight excluding hydrogens is 283 g/mol. The van der Waals surface area contributed by atoms with Gasteiger partial charge < -0.3 is 5.11 Å². The average molecular weight is 303 g/mol. The number of rotatable bonds is 4. The van der Waals surface area contributed by atoms with Gasteiger partial charge in [-0.2, -0.15) is 0 Å². The van der Waals surface area contributed by atoms with E-state index in [9.17, 15) is 9.50 Å². The van der Waals surface area contributed by atoms with Crippen LogP contribution in [0.1, 0.15) is 39.2 Å². The van der Waals surface area contributed by atoms with Gasteiger partial charge in [0.1, 0.15) is 5.82 Å². The summed E-state index contributed by atoms with van der Waals surface area (Å²) in [5.74, 6) is -0.223. The van der Waals surface area contributed by atoms with E-state index in [1.807, 2.05) is 26.8 Å². The molecule has 0 heterocycles. The molecule has 3 heteroatoms. The third-order valence-electron chi connectivity index (χ3n) is 2.95. The van der Waals surface area contributed by atoms with Crippen LogP contribution in [0.4, 0.5) is 4.39 Å². The zero-order valence-corrected chi connectivity index (χ0v) is 12.2. The summed E-state index contributed by atoms with van der Waals surface area (Å²) >= 11 is 3.25. The van der Waals surface area contributed by atoms with Crippen LogP contribution in [0.15, 0.2) is 22.7 Å². The molecule has 1 N–H and O–H groups in total. The minimum absolute atomic E-state index is 0.0842. The highest BCUT2D eigenvalue weighted by molar-refractivity contribution is 9.10. The monoisotopic (exact) mass is 302 g/mol. The normalized spacial score (nSPS) is 13.8. The van der Waals surface area contributed by atoms with Crippen LogP contribution in [-0.4, -0.2) is 11.2 Å². The van der Waals surface area contributed by atoms with Crippen molar-refractivity contribution < 1.29 is 9.50 Å². The molecule has 0 saturated heterocycles. The summed E-state index contributed by atoms with van der Waals surface area (Å²) in [5, 5.41) is 9.90. The largest absolute Gasteiger partial charge is 0.393 e. The van der Waals surface area contributed by atoms with Gasteiger partial charge in [-0.05, 0) is 52.2 Å². The van der Waals surface area contributed by atoms with E-state index in [4.69, 9.17) is 0 Å². The van der Waals surface area contributed by atoms with Crippen LogP contribution in [0.2, 0.25) is 0 Å². The average Bonchev–Trinajstić information content (AvgIpc) is 2.22. The molecule has 1 nitrogen and oxygen atoms in total. The van der Waals surface area contributed by atoms with Crippen molar-refractivity contribution in [2.24, 2.45) is 5.41 Å². The summed E-state index contributed by atoms with van der Waals surface area (Å²) in [7, 11) is 0. The Morgan fingerprint density at radius 2 is 2.00 bits per heavy atom. The van der Waals surface area contributed by atoms with E-state index in [1.54, 1.807) is 6.07 Å². The Morgan fingerprint density at radius 1 is 1.35 bits per heavy atom. The summed E-state index contributed by atoms with van der Waals surface area (Å²) in [4.78, 5) is 0. The predicted octanol–water partition coefficient (Wildman–Crippen LogP) is 4.32. The van der Waals surface area contributed by atoms with Crippen LogP contribution >= 0.6 is 15.9 Å². The highest BCUT2D eigenvalue weighted by Crippen LogP contribution is 2.25. The maximum absolute atomic E-state index is 13.3. The number of hydrogen-bond acceptors (Lipinski definition) is 1. The molecule has 0 amide bonds. The fraction of sp³-hybridized carbons (Fsp3) is 0.571. The van der Waals surface area contributed by atoms with Gasteiger partial charge in [-0.15, -0.1) is 0 Å². The molecule has 0 fully saturated rings. The van der Waals surface area contributed by atoms with E-state index in [0.717, 1.165) is 24.8 Å². The van der Waals surface area contributed by atoms with Crippen LogP contribution in [0.5, 0.6) is 0 Å². The molecule has 0 saturated carbocycles. The van der Waals surface area contributed by atoms with Crippen molar-refractivity contribution in [1.82, 2.24) is 0 Å². The van der Waals surface area contributed by atoms with Gasteiger partial charge in [-0.3, -0.25) is 0 Å². The maximum atomic E-state index is 13.3. The molecule has 0 aliphatic carbocycles. The fourth-order valence-corrected chi connectivity index (χ4v) is 2.12. The highest BCUT2D eigenvalue weighted by atomic mass is 79.9. The molecule has 1 atom stereocenters. The number of benzene rings is 1. The SMILES string of the molecule is CC(C)(C)C(O)CCCc1cccc(F)c1Br. The lowest BCUT2D eigenvalue weighted by molar-refractivity contribution is 0.0540. The number of aryl methyl sites for hydroxylation is 1. The van der Waals surface area contributed by atoms with Crippen molar-refractivity contribution in [2.45, 2.75) is 46.1 Å². The lowest BCUT2D eigenvalue weighted by atomic mass is 9.86. The zero-order valence-electron chi connectivity index (χ0n) is 10.6. The van der Waals surface area contributed by atoms with E-state index in [0.29, 0.717) is 4.47 Å².